The van der Waals surface area contributed by atoms with E-state index >= 15 is 0 Å². The van der Waals surface area contributed by atoms with E-state index in [0.29, 0.717) is 16.9 Å². The topological polar surface area (TPSA) is 44.0 Å². The lowest BCUT2D eigenvalue weighted by Crippen LogP contribution is -2.11. The SMILES string of the molecule is CCN(C)SNc1cccc(-c2ccn[nH]2)c1F. The molecule has 2 N–H and O–H groups in total. The van der Waals surface area contributed by atoms with Crippen LogP contribution in [0.25, 0.3) is 11.3 Å². The largest absolute Gasteiger partial charge is 0.314 e. The molecule has 0 saturated heterocycles. The molecule has 0 spiro atoms. The normalized spacial score (nSPS) is 10.9. The van der Waals surface area contributed by atoms with Crippen molar-refractivity contribution in [1.29, 1.82) is 0 Å². The standard InChI is InChI=1S/C12H15FN4S/c1-3-17(2)18-16-11-6-4-5-9(12(11)13)10-7-8-14-15-10/h4-8,16H,3H2,1-2H3,(H,14,15). The first-order valence-corrected chi connectivity index (χ1v) is 6.42. The molecule has 96 valence electrons. The van der Waals surface area contributed by atoms with Crippen LogP contribution >= 0.6 is 12.1 Å². The first-order chi connectivity index (χ1) is 8.72. The Morgan fingerprint density at radius 1 is 1.44 bits per heavy atom. The van der Waals surface area contributed by atoms with Crippen LogP contribution in [0.3, 0.4) is 0 Å². The van der Waals surface area contributed by atoms with E-state index in [9.17, 15) is 4.39 Å². The molecule has 18 heavy (non-hydrogen) atoms. The van der Waals surface area contributed by atoms with Gasteiger partial charge in [-0.3, -0.25) is 5.10 Å². The summed E-state index contributed by atoms with van der Waals surface area (Å²) in [6.45, 7) is 2.91. The van der Waals surface area contributed by atoms with Gasteiger partial charge in [-0.25, -0.2) is 8.70 Å². The summed E-state index contributed by atoms with van der Waals surface area (Å²) in [5.74, 6) is -0.279. The Kier molecular flexibility index (Phi) is 4.22. The van der Waals surface area contributed by atoms with Gasteiger partial charge in [0.25, 0.3) is 0 Å². The molecule has 0 aliphatic carbocycles. The predicted octanol–water partition coefficient (Wildman–Crippen LogP) is 3.14. The zero-order valence-electron chi connectivity index (χ0n) is 10.3. The molecule has 0 bridgehead atoms. The lowest BCUT2D eigenvalue weighted by atomic mass is 10.1. The minimum atomic E-state index is -0.279. The number of benzene rings is 1. The number of nitrogens with one attached hydrogen (secondary N) is 2. The lowest BCUT2D eigenvalue weighted by molar-refractivity contribution is 0.603. The number of hydrogen-bond acceptors (Lipinski definition) is 4. The van der Waals surface area contributed by atoms with Crippen molar-refractivity contribution in [2.24, 2.45) is 0 Å². The van der Waals surface area contributed by atoms with Gasteiger partial charge in [0.2, 0.25) is 0 Å². The molecule has 0 aliphatic rings. The van der Waals surface area contributed by atoms with Crippen molar-refractivity contribution in [1.82, 2.24) is 14.5 Å². The molecule has 0 radical (unpaired) electrons. The quantitative estimate of drug-likeness (QED) is 0.816. The molecule has 0 saturated carbocycles. The van der Waals surface area contributed by atoms with Gasteiger partial charge in [0.1, 0.15) is 0 Å². The van der Waals surface area contributed by atoms with Gasteiger partial charge < -0.3 is 4.72 Å². The molecular formula is C12H15FN4S. The number of nitrogens with zero attached hydrogens (tertiary/aromatic N) is 2. The van der Waals surface area contributed by atoms with Crippen molar-refractivity contribution in [2.45, 2.75) is 6.92 Å². The molecule has 0 aliphatic heterocycles. The molecule has 0 unspecified atom stereocenters. The molecule has 6 heteroatoms. The summed E-state index contributed by atoms with van der Waals surface area (Å²) in [5.41, 5.74) is 1.65. The molecule has 0 atom stereocenters. The second-order valence-electron chi connectivity index (χ2n) is 3.77. The van der Waals surface area contributed by atoms with E-state index in [4.69, 9.17) is 0 Å². The van der Waals surface area contributed by atoms with Crippen molar-refractivity contribution in [3.63, 3.8) is 0 Å². The number of rotatable bonds is 5. The minimum absolute atomic E-state index is 0.279. The summed E-state index contributed by atoms with van der Waals surface area (Å²) < 4.78 is 19.2. The smallest absolute Gasteiger partial charge is 0.156 e. The highest BCUT2D eigenvalue weighted by Crippen LogP contribution is 2.27. The van der Waals surface area contributed by atoms with Crippen LogP contribution in [0.2, 0.25) is 0 Å². The fraction of sp³-hybridized carbons (Fsp3) is 0.250. The summed E-state index contributed by atoms with van der Waals surface area (Å²) in [6.07, 6.45) is 1.61. The van der Waals surface area contributed by atoms with E-state index in [0.717, 1.165) is 6.54 Å². The molecule has 2 rings (SSSR count). The van der Waals surface area contributed by atoms with Crippen LogP contribution in [0.15, 0.2) is 30.5 Å². The first kappa shape index (κ1) is 12.9. The van der Waals surface area contributed by atoms with Crippen LogP contribution in [0.4, 0.5) is 10.1 Å². The third kappa shape index (κ3) is 2.83. The van der Waals surface area contributed by atoms with E-state index in [1.165, 1.54) is 12.1 Å². The second kappa shape index (κ2) is 5.88. The Morgan fingerprint density at radius 2 is 2.28 bits per heavy atom. The van der Waals surface area contributed by atoms with E-state index < -0.39 is 0 Å². The number of hydrogen-bond donors (Lipinski definition) is 2. The maximum atomic E-state index is 14.2. The molecule has 1 heterocycles. The Balaban J connectivity index is 2.20. The van der Waals surface area contributed by atoms with Gasteiger partial charge in [-0.2, -0.15) is 5.10 Å². The van der Waals surface area contributed by atoms with Gasteiger partial charge in [0.15, 0.2) is 5.82 Å². The van der Waals surface area contributed by atoms with Crippen LogP contribution in [0.5, 0.6) is 0 Å². The monoisotopic (exact) mass is 266 g/mol. The Hall–Kier alpha value is -1.53. The van der Waals surface area contributed by atoms with Crippen molar-refractivity contribution in [2.75, 3.05) is 18.3 Å². The molecular weight excluding hydrogens is 251 g/mol. The van der Waals surface area contributed by atoms with E-state index in [1.54, 1.807) is 24.4 Å². The summed E-state index contributed by atoms with van der Waals surface area (Å²) >= 11 is 1.37. The summed E-state index contributed by atoms with van der Waals surface area (Å²) in [4.78, 5) is 0. The number of anilines is 1. The van der Waals surface area contributed by atoms with Crippen LogP contribution in [-0.2, 0) is 0 Å². The molecule has 2 aromatic rings. The van der Waals surface area contributed by atoms with Crippen LogP contribution < -0.4 is 4.72 Å². The molecule has 0 fully saturated rings. The Bertz CT molecular complexity index is 501. The average Bonchev–Trinajstić information content (AvgIpc) is 2.91. The fourth-order valence-electron chi connectivity index (χ4n) is 1.42. The van der Waals surface area contributed by atoms with E-state index in [2.05, 4.69) is 14.9 Å². The zero-order valence-corrected chi connectivity index (χ0v) is 11.1. The minimum Gasteiger partial charge on any atom is -0.314 e. The van der Waals surface area contributed by atoms with Gasteiger partial charge >= 0.3 is 0 Å². The van der Waals surface area contributed by atoms with Gasteiger partial charge in [-0.1, -0.05) is 13.0 Å². The van der Waals surface area contributed by atoms with Gasteiger partial charge in [0, 0.05) is 30.4 Å². The maximum absolute atomic E-state index is 14.2. The molecule has 1 aromatic carbocycles. The number of aromatic amines is 1. The number of aromatic nitrogens is 2. The highest BCUT2D eigenvalue weighted by atomic mass is 32.2. The predicted molar refractivity (Wildman–Crippen MR) is 73.5 cm³/mol. The third-order valence-electron chi connectivity index (χ3n) is 2.55. The summed E-state index contributed by atoms with van der Waals surface area (Å²) in [6, 6.07) is 7.00. The Morgan fingerprint density at radius 3 is 2.94 bits per heavy atom. The Labute approximate surface area is 110 Å². The van der Waals surface area contributed by atoms with Crippen molar-refractivity contribution < 1.29 is 4.39 Å². The van der Waals surface area contributed by atoms with E-state index in [1.807, 2.05) is 24.3 Å². The van der Waals surface area contributed by atoms with Crippen LogP contribution in [0, 0.1) is 5.82 Å². The van der Waals surface area contributed by atoms with Crippen LogP contribution in [0.1, 0.15) is 6.92 Å². The zero-order chi connectivity index (χ0) is 13.0. The van der Waals surface area contributed by atoms with Gasteiger partial charge in [-0.15, -0.1) is 0 Å². The fourth-order valence-corrected chi connectivity index (χ4v) is 1.96. The van der Waals surface area contributed by atoms with Crippen molar-refractivity contribution >= 4 is 17.8 Å². The molecule has 4 nitrogen and oxygen atoms in total. The highest BCUT2D eigenvalue weighted by molar-refractivity contribution is 7.98. The van der Waals surface area contributed by atoms with Crippen molar-refractivity contribution in [3.05, 3.63) is 36.3 Å². The van der Waals surface area contributed by atoms with E-state index in [-0.39, 0.29) is 5.82 Å². The maximum Gasteiger partial charge on any atom is 0.156 e. The molecule has 1 aromatic heterocycles. The highest BCUT2D eigenvalue weighted by Gasteiger charge is 2.11. The average molecular weight is 266 g/mol. The summed E-state index contributed by atoms with van der Waals surface area (Å²) in [7, 11) is 1.94. The second-order valence-corrected chi connectivity index (χ2v) is 4.78. The lowest BCUT2D eigenvalue weighted by Gasteiger charge is -2.14. The first-order valence-electron chi connectivity index (χ1n) is 5.64. The van der Waals surface area contributed by atoms with Gasteiger partial charge in [0.05, 0.1) is 11.4 Å². The third-order valence-corrected chi connectivity index (χ3v) is 3.43. The summed E-state index contributed by atoms with van der Waals surface area (Å²) in [5, 5.41) is 6.59. The number of halogens is 1. The van der Waals surface area contributed by atoms with Crippen molar-refractivity contribution in [3.8, 4) is 11.3 Å². The number of H-pyrrole nitrogens is 1. The van der Waals surface area contributed by atoms with Crippen LogP contribution in [-0.4, -0.2) is 28.1 Å². The van der Waals surface area contributed by atoms with Gasteiger partial charge in [-0.05, 0) is 25.2 Å². The molecule has 0 amide bonds.